The van der Waals surface area contributed by atoms with Crippen molar-refractivity contribution >= 4 is 34.3 Å². The van der Waals surface area contributed by atoms with Crippen LogP contribution in [-0.2, 0) is 9.53 Å². The van der Waals surface area contributed by atoms with E-state index < -0.39 is 23.4 Å². The molecule has 2 heterocycles. The average molecular weight is 423 g/mol. The van der Waals surface area contributed by atoms with Gasteiger partial charge in [-0.15, -0.1) is 0 Å². The molecule has 1 aliphatic carbocycles. The van der Waals surface area contributed by atoms with Crippen molar-refractivity contribution in [3.05, 3.63) is 57.9 Å². The largest absolute Gasteiger partial charge is 0.452 e. The summed E-state index contributed by atoms with van der Waals surface area (Å²) in [7, 11) is 0. The third-order valence-electron chi connectivity index (χ3n) is 4.99. The Hall–Kier alpha value is -3.82. The zero-order chi connectivity index (χ0) is 22.1. The van der Waals surface area contributed by atoms with Crippen LogP contribution in [0.2, 0.25) is 0 Å². The van der Waals surface area contributed by atoms with Crippen molar-refractivity contribution < 1.29 is 19.2 Å². The van der Waals surface area contributed by atoms with Crippen molar-refractivity contribution in [3.8, 4) is 0 Å². The third-order valence-corrected chi connectivity index (χ3v) is 4.99. The summed E-state index contributed by atoms with van der Waals surface area (Å²) in [6.45, 7) is 3.48. The number of nitrogens with one attached hydrogen (secondary N) is 1. The second-order valence-electron chi connectivity index (χ2n) is 7.72. The number of pyridine rings is 1. The number of esters is 1. The topological polar surface area (TPSA) is 129 Å². The summed E-state index contributed by atoms with van der Waals surface area (Å²) in [6, 6.07) is 7.18. The summed E-state index contributed by atoms with van der Waals surface area (Å²) in [5.74, 6) is -0.846. The summed E-state index contributed by atoms with van der Waals surface area (Å²) in [5, 5.41) is 18.2. The molecule has 0 saturated heterocycles. The molecule has 1 fully saturated rings. The van der Waals surface area contributed by atoms with Gasteiger partial charge in [0.05, 0.1) is 22.1 Å². The van der Waals surface area contributed by atoms with Crippen LogP contribution in [-0.4, -0.2) is 38.2 Å². The van der Waals surface area contributed by atoms with Crippen LogP contribution < -0.4 is 5.32 Å². The normalized spacial score (nSPS) is 13.4. The predicted molar refractivity (Wildman–Crippen MR) is 112 cm³/mol. The van der Waals surface area contributed by atoms with Crippen LogP contribution in [0.1, 0.15) is 54.7 Å². The molecule has 0 aliphatic heterocycles. The minimum Gasteiger partial charge on any atom is -0.452 e. The molecule has 10 nitrogen and oxygen atoms in total. The van der Waals surface area contributed by atoms with Gasteiger partial charge in [-0.2, -0.15) is 5.10 Å². The fourth-order valence-electron chi connectivity index (χ4n) is 3.24. The molecule has 0 unspecified atom stereocenters. The molecule has 3 aromatic rings. The Morgan fingerprint density at radius 2 is 2.00 bits per heavy atom. The van der Waals surface area contributed by atoms with Gasteiger partial charge in [-0.3, -0.25) is 14.9 Å². The van der Waals surface area contributed by atoms with Gasteiger partial charge in [-0.05, 0) is 44.9 Å². The van der Waals surface area contributed by atoms with Crippen LogP contribution in [0.5, 0.6) is 0 Å². The lowest BCUT2D eigenvalue weighted by Crippen LogP contribution is -2.21. The Labute approximate surface area is 177 Å². The van der Waals surface area contributed by atoms with Gasteiger partial charge in [0.1, 0.15) is 0 Å². The first-order valence-electron chi connectivity index (χ1n) is 9.93. The highest BCUT2D eigenvalue weighted by molar-refractivity contribution is 6.04. The van der Waals surface area contributed by atoms with E-state index in [2.05, 4.69) is 10.4 Å². The van der Waals surface area contributed by atoms with Crippen LogP contribution in [0.4, 0.5) is 11.4 Å². The lowest BCUT2D eigenvalue weighted by atomic mass is 10.1. The molecule has 1 aliphatic rings. The number of hydrogen-bond acceptors (Lipinski definition) is 7. The van der Waals surface area contributed by atoms with Crippen LogP contribution in [0.3, 0.4) is 0 Å². The number of amides is 1. The number of benzene rings is 1. The lowest BCUT2D eigenvalue weighted by Gasteiger charge is -2.10. The van der Waals surface area contributed by atoms with E-state index in [0.29, 0.717) is 28.2 Å². The zero-order valence-corrected chi connectivity index (χ0v) is 17.1. The number of carbonyl (C=O) groups excluding carboxylic acids is 2. The van der Waals surface area contributed by atoms with Crippen LogP contribution in [0.15, 0.2) is 36.5 Å². The first kappa shape index (κ1) is 20.5. The molecule has 31 heavy (non-hydrogen) atoms. The first-order chi connectivity index (χ1) is 14.8. The molecular weight excluding hydrogens is 402 g/mol. The number of non-ortho nitro benzene ring substituents is 1. The van der Waals surface area contributed by atoms with Crippen molar-refractivity contribution in [2.45, 2.75) is 38.6 Å². The SMILES string of the molecule is CC(C)n1ncc2c(C(=O)OCC(=O)Nc3ccc([N+](=O)[O-])cc3)cc(C3CC3)nc21. The van der Waals surface area contributed by atoms with Gasteiger partial charge in [-0.25, -0.2) is 14.5 Å². The van der Waals surface area contributed by atoms with E-state index in [4.69, 9.17) is 9.72 Å². The van der Waals surface area contributed by atoms with Crippen molar-refractivity contribution in [3.63, 3.8) is 0 Å². The molecule has 1 aromatic carbocycles. The summed E-state index contributed by atoms with van der Waals surface area (Å²) in [6.07, 6.45) is 3.65. The number of fused-ring (bicyclic) bond motifs is 1. The Kier molecular flexibility index (Phi) is 5.37. The number of rotatable bonds is 7. The number of nitro groups is 1. The second-order valence-corrected chi connectivity index (χ2v) is 7.72. The number of hydrogen-bond donors (Lipinski definition) is 1. The monoisotopic (exact) mass is 423 g/mol. The fraction of sp³-hybridized carbons (Fsp3) is 0.333. The molecule has 1 N–H and O–H groups in total. The van der Waals surface area contributed by atoms with Crippen molar-refractivity contribution in [2.75, 3.05) is 11.9 Å². The first-order valence-corrected chi connectivity index (χ1v) is 9.93. The quantitative estimate of drug-likeness (QED) is 0.349. The van der Waals surface area contributed by atoms with Crippen LogP contribution in [0, 0.1) is 10.1 Å². The number of nitro benzene ring substituents is 1. The molecule has 0 radical (unpaired) electrons. The number of ether oxygens (including phenoxy) is 1. The summed E-state index contributed by atoms with van der Waals surface area (Å²) in [5.41, 5.74) is 2.08. The summed E-state index contributed by atoms with van der Waals surface area (Å²) in [4.78, 5) is 39.8. The van der Waals surface area contributed by atoms with Crippen LogP contribution >= 0.6 is 0 Å². The van der Waals surface area contributed by atoms with Crippen molar-refractivity contribution in [1.29, 1.82) is 0 Å². The molecule has 1 saturated carbocycles. The number of nitrogens with zero attached hydrogens (tertiary/aromatic N) is 4. The molecule has 0 bridgehead atoms. The van der Waals surface area contributed by atoms with E-state index in [0.717, 1.165) is 18.5 Å². The summed E-state index contributed by atoms with van der Waals surface area (Å²) < 4.78 is 7.00. The van der Waals surface area contributed by atoms with E-state index >= 15 is 0 Å². The lowest BCUT2D eigenvalue weighted by molar-refractivity contribution is -0.384. The molecule has 0 spiro atoms. The standard InChI is InChI=1S/C21H21N5O5/c1-12(2)25-20-17(10-22-25)16(9-18(24-20)13-3-4-13)21(28)31-11-19(27)23-14-5-7-15(8-6-14)26(29)30/h5-10,12-13H,3-4,11H2,1-2H3,(H,23,27). The van der Waals surface area contributed by atoms with Gasteiger partial charge < -0.3 is 10.1 Å². The number of anilines is 1. The molecule has 10 heteroatoms. The maximum Gasteiger partial charge on any atom is 0.339 e. The molecule has 4 rings (SSSR count). The van der Waals surface area contributed by atoms with Crippen molar-refractivity contribution in [2.24, 2.45) is 0 Å². The Balaban J connectivity index is 1.48. The molecule has 0 atom stereocenters. The maximum atomic E-state index is 12.8. The van der Waals surface area contributed by atoms with Gasteiger partial charge >= 0.3 is 5.97 Å². The van der Waals surface area contributed by atoms with Gasteiger partial charge in [-0.1, -0.05) is 0 Å². The van der Waals surface area contributed by atoms with Gasteiger partial charge in [0, 0.05) is 35.5 Å². The minimum absolute atomic E-state index is 0.0794. The number of carbonyl (C=O) groups is 2. The van der Waals surface area contributed by atoms with E-state index in [9.17, 15) is 19.7 Å². The Morgan fingerprint density at radius 3 is 2.61 bits per heavy atom. The highest BCUT2D eigenvalue weighted by Gasteiger charge is 2.28. The Morgan fingerprint density at radius 1 is 1.29 bits per heavy atom. The highest BCUT2D eigenvalue weighted by Crippen LogP contribution is 2.40. The van der Waals surface area contributed by atoms with Crippen molar-refractivity contribution in [1.82, 2.24) is 14.8 Å². The number of aromatic nitrogens is 3. The predicted octanol–water partition coefficient (Wildman–Crippen LogP) is 3.59. The second kappa shape index (κ2) is 8.13. The maximum absolute atomic E-state index is 12.8. The van der Waals surface area contributed by atoms with E-state index in [-0.39, 0.29) is 11.7 Å². The third kappa shape index (κ3) is 4.37. The van der Waals surface area contributed by atoms with E-state index in [1.54, 1.807) is 16.9 Å². The van der Waals surface area contributed by atoms with E-state index in [1.165, 1.54) is 24.3 Å². The molecular formula is C21H21N5O5. The van der Waals surface area contributed by atoms with Gasteiger partial charge in [0.25, 0.3) is 11.6 Å². The van der Waals surface area contributed by atoms with Gasteiger partial charge in [0.2, 0.25) is 0 Å². The summed E-state index contributed by atoms with van der Waals surface area (Å²) >= 11 is 0. The molecule has 2 aromatic heterocycles. The fourth-order valence-corrected chi connectivity index (χ4v) is 3.24. The molecule has 160 valence electrons. The van der Waals surface area contributed by atoms with E-state index in [1.807, 2.05) is 13.8 Å². The van der Waals surface area contributed by atoms with Gasteiger partial charge in [0.15, 0.2) is 12.3 Å². The minimum atomic E-state index is -0.628. The molecule has 1 amide bonds. The average Bonchev–Trinajstić information content (AvgIpc) is 3.50. The highest BCUT2D eigenvalue weighted by atomic mass is 16.6. The Bertz CT molecular complexity index is 1160. The smallest absolute Gasteiger partial charge is 0.339 e. The van der Waals surface area contributed by atoms with Crippen LogP contribution in [0.25, 0.3) is 11.0 Å². The zero-order valence-electron chi connectivity index (χ0n) is 17.1.